The van der Waals surface area contributed by atoms with E-state index in [0.717, 1.165) is 6.26 Å². The molecule has 0 unspecified atom stereocenters. The van der Waals surface area contributed by atoms with Crippen LogP contribution in [-0.4, -0.2) is 5.11 Å². The Balaban J connectivity index is 0.000000337. The SMILES string of the molecule is C=CO.c1ccc(-c2ccccc2)cc1. The Bertz CT molecular complexity index is 341. The van der Waals surface area contributed by atoms with Crippen LogP contribution in [-0.2, 0) is 0 Å². The Hall–Kier alpha value is -2.02. The van der Waals surface area contributed by atoms with Gasteiger partial charge in [-0.05, 0) is 11.1 Å². The first kappa shape index (κ1) is 11.1. The largest absolute Gasteiger partial charge is 0.516 e. The molecular formula is C14H14O. The molecule has 2 aromatic rings. The first-order chi connectivity index (χ1) is 7.38. The van der Waals surface area contributed by atoms with Crippen LogP contribution in [0.5, 0.6) is 0 Å². The second-order valence-electron chi connectivity index (χ2n) is 2.91. The van der Waals surface area contributed by atoms with Crippen LogP contribution in [0, 0.1) is 0 Å². The van der Waals surface area contributed by atoms with Crippen molar-refractivity contribution >= 4 is 0 Å². The Morgan fingerprint density at radius 1 is 0.733 bits per heavy atom. The Morgan fingerprint density at radius 3 is 1.27 bits per heavy atom. The van der Waals surface area contributed by atoms with E-state index in [2.05, 4.69) is 55.1 Å². The van der Waals surface area contributed by atoms with Crippen molar-refractivity contribution in [1.29, 1.82) is 0 Å². The normalized spacial score (nSPS) is 8.53. The van der Waals surface area contributed by atoms with Gasteiger partial charge in [0.2, 0.25) is 0 Å². The van der Waals surface area contributed by atoms with E-state index >= 15 is 0 Å². The van der Waals surface area contributed by atoms with Gasteiger partial charge in [0, 0.05) is 0 Å². The average Bonchev–Trinajstić information content (AvgIpc) is 2.32. The maximum atomic E-state index is 7.33. The molecule has 0 amide bonds. The van der Waals surface area contributed by atoms with Gasteiger partial charge in [0.15, 0.2) is 0 Å². The van der Waals surface area contributed by atoms with Gasteiger partial charge in [-0.15, -0.1) is 0 Å². The molecule has 2 rings (SSSR count). The highest BCUT2D eigenvalue weighted by molar-refractivity contribution is 5.62. The van der Waals surface area contributed by atoms with Crippen LogP contribution >= 0.6 is 0 Å². The molecule has 2 aromatic carbocycles. The van der Waals surface area contributed by atoms with Crippen molar-refractivity contribution in [2.24, 2.45) is 0 Å². The Kier molecular flexibility index (Phi) is 4.74. The molecule has 1 nitrogen and oxygen atoms in total. The molecule has 0 bridgehead atoms. The summed E-state index contributed by atoms with van der Waals surface area (Å²) in [6.45, 7) is 2.92. The van der Waals surface area contributed by atoms with Crippen molar-refractivity contribution < 1.29 is 5.11 Å². The summed E-state index contributed by atoms with van der Waals surface area (Å²) in [5.41, 5.74) is 2.55. The van der Waals surface area contributed by atoms with Crippen molar-refractivity contribution in [1.82, 2.24) is 0 Å². The molecule has 0 aliphatic rings. The van der Waals surface area contributed by atoms with Crippen LogP contribution in [0.3, 0.4) is 0 Å². The van der Waals surface area contributed by atoms with Gasteiger partial charge in [-0.3, -0.25) is 0 Å². The number of hydrogen-bond acceptors (Lipinski definition) is 1. The first-order valence-electron chi connectivity index (χ1n) is 4.74. The van der Waals surface area contributed by atoms with Crippen LogP contribution < -0.4 is 0 Å². The summed E-state index contributed by atoms with van der Waals surface area (Å²) < 4.78 is 0. The minimum Gasteiger partial charge on any atom is -0.516 e. The molecule has 1 N–H and O–H groups in total. The topological polar surface area (TPSA) is 20.2 Å². The van der Waals surface area contributed by atoms with Crippen molar-refractivity contribution in [2.75, 3.05) is 0 Å². The lowest BCUT2D eigenvalue weighted by atomic mass is 10.1. The molecular weight excluding hydrogens is 184 g/mol. The zero-order valence-corrected chi connectivity index (χ0v) is 8.51. The minimum absolute atomic E-state index is 0.750. The monoisotopic (exact) mass is 198 g/mol. The fourth-order valence-corrected chi connectivity index (χ4v) is 1.26. The molecule has 0 fully saturated rings. The van der Waals surface area contributed by atoms with Crippen molar-refractivity contribution in [3.63, 3.8) is 0 Å². The molecule has 0 atom stereocenters. The van der Waals surface area contributed by atoms with E-state index in [1.807, 2.05) is 12.1 Å². The average molecular weight is 198 g/mol. The Labute approximate surface area is 90.3 Å². The lowest BCUT2D eigenvalue weighted by Gasteiger charge is -1.98. The molecule has 1 heteroatoms. The number of aliphatic hydroxyl groups is 1. The minimum atomic E-state index is 0.750. The van der Waals surface area contributed by atoms with Crippen molar-refractivity contribution in [3.05, 3.63) is 73.5 Å². The van der Waals surface area contributed by atoms with Crippen molar-refractivity contribution in [2.45, 2.75) is 0 Å². The van der Waals surface area contributed by atoms with E-state index in [1.165, 1.54) is 11.1 Å². The molecule has 15 heavy (non-hydrogen) atoms. The predicted molar refractivity (Wildman–Crippen MR) is 64.7 cm³/mol. The zero-order valence-electron chi connectivity index (χ0n) is 8.51. The second-order valence-corrected chi connectivity index (χ2v) is 2.91. The lowest BCUT2D eigenvalue weighted by Crippen LogP contribution is -1.73. The van der Waals surface area contributed by atoms with Crippen molar-refractivity contribution in [3.8, 4) is 11.1 Å². The number of benzene rings is 2. The molecule has 0 aliphatic carbocycles. The second kappa shape index (κ2) is 6.44. The van der Waals surface area contributed by atoms with E-state index < -0.39 is 0 Å². The van der Waals surface area contributed by atoms with Crippen LogP contribution in [0.15, 0.2) is 73.5 Å². The van der Waals surface area contributed by atoms with Gasteiger partial charge in [0.25, 0.3) is 0 Å². The summed E-state index contributed by atoms with van der Waals surface area (Å²) in [6.07, 6.45) is 0.750. The van der Waals surface area contributed by atoms with Crippen LogP contribution in [0.25, 0.3) is 11.1 Å². The molecule has 0 aliphatic heterocycles. The quantitative estimate of drug-likeness (QED) is 0.685. The highest BCUT2D eigenvalue weighted by Crippen LogP contribution is 2.17. The van der Waals surface area contributed by atoms with E-state index in [4.69, 9.17) is 5.11 Å². The number of aliphatic hydroxyl groups excluding tert-OH is 1. The molecule has 0 radical (unpaired) electrons. The van der Waals surface area contributed by atoms with E-state index in [1.54, 1.807) is 0 Å². The molecule has 0 saturated carbocycles. The molecule has 0 saturated heterocycles. The molecule has 0 aromatic heterocycles. The smallest absolute Gasteiger partial charge is 0.0719 e. The Morgan fingerprint density at radius 2 is 1.00 bits per heavy atom. The lowest BCUT2D eigenvalue weighted by molar-refractivity contribution is 0.476. The highest BCUT2D eigenvalue weighted by atomic mass is 16.2. The van der Waals surface area contributed by atoms with Gasteiger partial charge >= 0.3 is 0 Å². The van der Waals surface area contributed by atoms with Gasteiger partial charge in [0.05, 0.1) is 6.26 Å². The third kappa shape index (κ3) is 3.69. The van der Waals surface area contributed by atoms with Crippen LogP contribution in [0.4, 0.5) is 0 Å². The highest BCUT2D eigenvalue weighted by Gasteiger charge is 1.91. The molecule has 0 spiro atoms. The predicted octanol–water partition coefficient (Wildman–Crippen LogP) is 4.04. The van der Waals surface area contributed by atoms with Gasteiger partial charge in [-0.1, -0.05) is 67.2 Å². The van der Waals surface area contributed by atoms with E-state index in [9.17, 15) is 0 Å². The fraction of sp³-hybridized carbons (Fsp3) is 0. The van der Waals surface area contributed by atoms with Gasteiger partial charge in [0.1, 0.15) is 0 Å². The summed E-state index contributed by atoms with van der Waals surface area (Å²) in [5.74, 6) is 0. The summed E-state index contributed by atoms with van der Waals surface area (Å²) in [7, 11) is 0. The molecule has 0 heterocycles. The van der Waals surface area contributed by atoms with E-state index in [-0.39, 0.29) is 0 Å². The summed E-state index contributed by atoms with van der Waals surface area (Å²) in [4.78, 5) is 0. The number of rotatable bonds is 1. The van der Waals surface area contributed by atoms with Gasteiger partial charge in [-0.2, -0.15) is 0 Å². The van der Waals surface area contributed by atoms with E-state index in [0.29, 0.717) is 0 Å². The maximum absolute atomic E-state index is 7.33. The van der Waals surface area contributed by atoms with Gasteiger partial charge in [-0.25, -0.2) is 0 Å². The molecule has 76 valence electrons. The maximum Gasteiger partial charge on any atom is 0.0719 e. The summed E-state index contributed by atoms with van der Waals surface area (Å²) >= 11 is 0. The standard InChI is InChI=1S/C12H10.C2H4O/c1-3-7-11(8-4-1)12-9-5-2-6-10-12;1-2-3/h1-10H;2-3H,1H2. The van der Waals surface area contributed by atoms with Crippen LogP contribution in [0.2, 0.25) is 0 Å². The summed E-state index contributed by atoms with van der Waals surface area (Å²) in [6, 6.07) is 20.8. The van der Waals surface area contributed by atoms with Crippen LogP contribution in [0.1, 0.15) is 0 Å². The third-order valence-electron chi connectivity index (χ3n) is 1.88. The first-order valence-corrected chi connectivity index (χ1v) is 4.74. The number of hydrogen-bond donors (Lipinski definition) is 1. The van der Waals surface area contributed by atoms with Gasteiger partial charge < -0.3 is 5.11 Å². The summed E-state index contributed by atoms with van der Waals surface area (Å²) in [5, 5.41) is 7.33. The zero-order chi connectivity index (χ0) is 10.9. The third-order valence-corrected chi connectivity index (χ3v) is 1.88. The fourth-order valence-electron chi connectivity index (χ4n) is 1.26.